The van der Waals surface area contributed by atoms with Gasteiger partial charge in [-0.05, 0) is 26.0 Å². The quantitative estimate of drug-likeness (QED) is 0.635. The normalized spacial score (nSPS) is 17.0. The maximum atomic E-state index is 13.6. The molecule has 5 nitrogen and oxygen atoms in total. The number of rotatable bonds is 5. The van der Waals surface area contributed by atoms with Gasteiger partial charge in [0.2, 0.25) is 5.91 Å². The van der Waals surface area contributed by atoms with Crippen LogP contribution in [0.3, 0.4) is 0 Å². The lowest BCUT2D eigenvalue weighted by molar-refractivity contribution is -0.130. The maximum absolute atomic E-state index is 13.6. The van der Waals surface area contributed by atoms with E-state index in [9.17, 15) is 17.6 Å². The smallest absolute Gasteiger partial charge is 0.245 e. The number of nitrogens with zero attached hydrogens (tertiary/aromatic N) is 2. The number of carbonyl (C=O) groups excluding carboxylic acids is 1. The van der Waals surface area contributed by atoms with Gasteiger partial charge in [0.15, 0.2) is 15.1 Å². The lowest BCUT2D eigenvalue weighted by atomic mass is 10.0. The first-order valence-corrected chi connectivity index (χ1v) is 11.3. The summed E-state index contributed by atoms with van der Waals surface area (Å²) in [5.41, 5.74) is 2.35. The number of hydrogen-bond acceptors (Lipinski definition) is 3. The van der Waals surface area contributed by atoms with Crippen molar-refractivity contribution in [3.05, 3.63) is 54.1 Å². The summed E-state index contributed by atoms with van der Waals surface area (Å²) in [5.74, 6) is -0.436. The summed E-state index contributed by atoms with van der Waals surface area (Å²) in [4.78, 5) is 15.1. The molecule has 4 rings (SSSR count). The molecule has 29 heavy (non-hydrogen) atoms. The molecule has 1 amide bonds. The minimum atomic E-state index is -3.95. The van der Waals surface area contributed by atoms with E-state index in [-0.39, 0.29) is 11.4 Å². The number of sulfone groups is 1. The van der Waals surface area contributed by atoms with Gasteiger partial charge in [-0.3, -0.25) is 4.79 Å². The number of alkyl halides is 1. The maximum Gasteiger partial charge on any atom is 0.245 e. The molecule has 1 unspecified atom stereocenters. The van der Waals surface area contributed by atoms with Gasteiger partial charge in [-0.1, -0.05) is 36.4 Å². The monoisotopic (exact) mass is 414 g/mol. The van der Waals surface area contributed by atoms with Crippen LogP contribution in [0.2, 0.25) is 0 Å². The van der Waals surface area contributed by atoms with E-state index >= 15 is 0 Å². The molecule has 1 aliphatic rings. The van der Waals surface area contributed by atoms with Crippen LogP contribution in [0, 0.1) is 0 Å². The molecule has 0 bridgehead atoms. The third kappa shape index (κ3) is 2.79. The van der Waals surface area contributed by atoms with Gasteiger partial charge < -0.3 is 9.47 Å². The van der Waals surface area contributed by atoms with E-state index in [2.05, 4.69) is 0 Å². The molecular formula is C22H23FN2O3S. The molecule has 7 heteroatoms. The second-order valence-electron chi connectivity index (χ2n) is 7.05. The molecular weight excluding hydrogens is 391 g/mol. The number of aryl methyl sites for hydroxylation is 1. The number of aromatic nitrogens is 1. The highest BCUT2D eigenvalue weighted by molar-refractivity contribution is 7.92. The first-order valence-electron chi connectivity index (χ1n) is 9.76. The van der Waals surface area contributed by atoms with Crippen LogP contribution in [-0.2, 0) is 21.2 Å². The lowest BCUT2D eigenvalue weighted by Crippen LogP contribution is -2.39. The van der Waals surface area contributed by atoms with Crippen molar-refractivity contribution in [3.63, 3.8) is 0 Å². The zero-order valence-electron chi connectivity index (χ0n) is 16.4. The second-order valence-corrected chi connectivity index (χ2v) is 9.05. The fourth-order valence-corrected chi connectivity index (χ4v) is 6.31. The molecule has 1 aromatic heterocycles. The Morgan fingerprint density at radius 3 is 2.41 bits per heavy atom. The van der Waals surface area contributed by atoms with Crippen molar-refractivity contribution in [3.8, 4) is 11.3 Å². The summed E-state index contributed by atoms with van der Waals surface area (Å²) in [6, 6.07) is 14.0. The number of fused-ring (bicyclic) bond motifs is 5. The van der Waals surface area contributed by atoms with E-state index in [0.717, 1.165) is 5.52 Å². The van der Waals surface area contributed by atoms with Crippen LogP contribution >= 0.6 is 0 Å². The van der Waals surface area contributed by atoms with Crippen LogP contribution in [0.15, 0.2) is 53.4 Å². The highest BCUT2D eigenvalue weighted by atomic mass is 32.2. The minimum absolute atomic E-state index is 0.0937. The average Bonchev–Trinajstić information content (AvgIpc) is 3.03. The van der Waals surface area contributed by atoms with Crippen LogP contribution < -0.4 is 0 Å². The van der Waals surface area contributed by atoms with E-state index in [1.54, 1.807) is 27.7 Å². The molecule has 3 aromatic rings. The van der Waals surface area contributed by atoms with Crippen molar-refractivity contribution in [2.75, 3.05) is 19.8 Å². The van der Waals surface area contributed by atoms with Crippen molar-refractivity contribution in [2.45, 2.75) is 30.5 Å². The van der Waals surface area contributed by atoms with E-state index in [0.29, 0.717) is 35.3 Å². The van der Waals surface area contributed by atoms with E-state index in [4.69, 9.17) is 0 Å². The fourth-order valence-electron chi connectivity index (χ4n) is 4.35. The summed E-state index contributed by atoms with van der Waals surface area (Å²) >= 11 is 0. The zero-order chi connectivity index (χ0) is 20.8. The molecule has 0 saturated heterocycles. The molecule has 0 fully saturated rings. The van der Waals surface area contributed by atoms with Crippen molar-refractivity contribution in [1.29, 1.82) is 0 Å². The molecule has 1 atom stereocenters. The molecule has 0 N–H and O–H groups in total. The number of halogens is 1. The Bertz CT molecular complexity index is 1200. The summed E-state index contributed by atoms with van der Waals surface area (Å²) < 4.78 is 42.5. The molecule has 2 heterocycles. The highest BCUT2D eigenvalue weighted by Gasteiger charge is 2.46. The van der Waals surface area contributed by atoms with Gasteiger partial charge in [-0.2, -0.15) is 0 Å². The molecule has 0 aliphatic carbocycles. The van der Waals surface area contributed by atoms with E-state index in [1.165, 1.54) is 6.07 Å². The minimum Gasteiger partial charge on any atom is -0.342 e. The molecule has 1 aliphatic heterocycles. The van der Waals surface area contributed by atoms with Gasteiger partial charge in [-0.25, -0.2) is 12.8 Å². The Balaban J connectivity index is 2.15. The SMILES string of the molecule is CCN(CC)C(=O)C1c2c(n(CCF)c3ccccc23)-c2ccccc2S1(=O)=O. The third-order valence-corrected chi connectivity index (χ3v) is 7.67. The topological polar surface area (TPSA) is 59.4 Å². The van der Waals surface area contributed by atoms with Gasteiger partial charge in [0.1, 0.15) is 6.67 Å². The van der Waals surface area contributed by atoms with Crippen molar-refractivity contribution >= 4 is 26.6 Å². The van der Waals surface area contributed by atoms with Crippen LogP contribution in [0.5, 0.6) is 0 Å². The summed E-state index contributed by atoms with van der Waals surface area (Å²) in [5, 5.41) is -0.655. The van der Waals surface area contributed by atoms with Gasteiger partial charge >= 0.3 is 0 Å². The summed E-state index contributed by atoms with van der Waals surface area (Å²) in [6.45, 7) is 4.00. The number of carbonyl (C=O) groups is 1. The van der Waals surface area contributed by atoms with Crippen molar-refractivity contribution in [2.24, 2.45) is 0 Å². The van der Waals surface area contributed by atoms with Gasteiger partial charge in [0, 0.05) is 35.1 Å². The number of benzene rings is 2. The Morgan fingerprint density at radius 2 is 1.72 bits per heavy atom. The van der Waals surface area contributed by atoms with Crippen LogP contribution in [0.25, 0.3) is 22.2 Å². The van der Waals surface area contributed by atoms with E-state index < -0.39 is 27.7 Å². The molecule has 0 spiro atoms. The first-order chi connectivity index (χ1) is 14.0. The number of para-hydroxylation sites is 1. The van der Waals surface area contributed by atoms with Crippen LogP contribution in [-0.4, -0.2) is 43.6 Å². The van der Waals surface area contributed by atoms with E-state index in [1.807, 2.05) is 38.1 Å². The second kappa shape index (κ2) is 7.30. The molecule has 152 valence electrons. The van der Waals surface area contributed by atoms with Crippen LogP contribution in [0.4, 0.5) is 4.39 Å². The number of hydrogen-bond donors (Lipinski definition) is 0. The zero-order valence-corrected chi connectivity index (χ0v) is 17.2. The number of amides is 1. The Labute approximate surface area is 169 Å². The molecule has 0 radical (unpaired) electrons. The first kappa shape index (κ1) is 19.6. The van der Waals surface area contributed by atoms with Crippen LogP contribution in [0.1, 0.15) is 24.7 Å². The summed E-state index contributed by atoms with van der Waals surface area (Å²) in [7, 11) is -3.95. The Hall–Kier alpha value is -2.67. The molecule has 0 saturated carbocycles. The number of likely N-dealkylation sites (N-methyl/N-ethyl adjacent to an activating group) is 1. The average molecular weight is 415 g/mol. The van der Waals surface area contributed by atoms with Gasteiger partial charge in [-0.15, -0.1) is 0 Å². The van der Waals surface area contributed by atoms with Crippen molar-refractivity contribution < 1.29 is 17.6 Å². The highest BCUT2D eigenvalue weighted by Crippen LogP contribution is 2.49. The summed E-state index contributed by atoms with van der Waals surface area (Å²) in [6.07, 6.45) is 0. The Morgan fingerprint density at radius 1 is 1.07 bits per heavy atom. The lowest BCUT2D eigenvalue weighted by Gasteiger charge is -2.30. The predicted octanol–water partition coefficient (Wildman–Crippen LogP) is 3.97. The predicted molar refractivity (Wildman–Crippen MR) is 111 cm³/mol. The largest absolute Gasteiger partial charge is 0.342 e. The van der Waals surface area contributed by atoms with Gasteiger partial charge in [0.25, 0.3) is 0 Å². The molecule has 2 aromatic carbocycles. The van der Waals surface area contributed by atoms with Gasteiger partial charge in [0.05, 0.1) is 17.1 Å². The Kier molecular flexibility index (Phi) is 4.94. The standard InChI is InChI=1S/C22H23FN2O3S/c1-3-24(4-2)22(26)21-19-15-9-5-7-11-17(15)25(14-13-23)20(19)16-10-6-8-12-18(16)29(21,27)28/h5-12,21H,3-4,13-14H2,1-2H3. The third-order valence-electron chi connectivity index (χ3n) is 5.64. The van der Waals surface area contributed by atoms with Crippen molar-refractivity contribution in [1.82, 2.24) is 9.47 Å². The fraction of sp³-hybridized carbons (Fsp3) is 0.318.